The van der Waals surface area contributed by atoms with Gasteiger partial charge >= 0.3 is 0 Å². The van der Waals surface area contributed by atoms with Crippen molar-refractivity contribution in [3.63, 3.8) is 0 Å². The molecule has 5 rings (SSSR count). The minimum absolute atomic E-state index is 0.0951. The molecule has 0 radical (unpaired) electrons. The molecule has 3 N–H and O–H groups in total. The zero-order chi connectivity index (χ0) is 21.6. The number of fused-ring (bicyclic) bond motifs is 1. The van der Waals surface area contributed by atoms with E-state index < -0.39 is 29.7 Å². The lowest BCUT2D eigenvalue weighted by molar-refractivity contribution is -0.136. The quantitative estimate of drug-likeness (QED) is 0.587. The summed E-state index contributed by atoms with van der Waals surface area (Å²) in [6.45, 7) is 1.77. The molecule has 1 aromatic heterocycles. The second kappa shape index (κ2) is 7.36. The van der Waals surface area contributed by atoms with Gasteiger partial charge in [0.2, 0.25) is 11.8 Å². The van der Waals surface area contributed by atoms with Gasteiger partial charge in [0.1, 0.15) is 6.04 Å². The topological polar surface area (TPSA) is 120 Å². The first kappa shape index (κ1) is 19.5. The Morgan fingerprint density at radius 3 is 2.58 bits per heavy atom. The molecule has 1 atom stereocenters. The maximum absolute atomic E-state index is 13.2. The minimum atomic E-state index is -0.971. The average Bonchev–Trinajstić information content (AvgIpc) is 2.99. The number of carbonyl (C=O) groups excluding carboxylic acids is 4. The molecule has 0 saturated carbocycles. The zero-order valence-electron chi connectivity index (χ0n) is 16.7. The maximum atomic E-state index is 13.2. The highest BCUT2D eigenvalue weighted by molar-refractivity contribution is 6.24. The zero-order valence-corrected chi connectivity index (χ0v) is 16.7. The molecule has 1 unspecified atom stereocenters. The molecular weight excluding hydrogens is 398 g/mol. The van der Waals surface area contributed by atoms with E-state index >= 15 is 0 Å². The van der Waals surface area contributed by atoms with Crippen LogP contribution in [-0.4, -0.2) is 52.6 Å². The average molecular weight is 419 g/mol. The molecule has 2 fully saturated rings. The predicted octanol–water partition coefficient (Wildman–Crippen LogP) is 0.0711. The Balaban J connectivity index is 1.41. The third-order valence-corrected chi connectivity index (χ3v) is 6.18. The molecule has 9 heteroatoms. The highest BCUT2D eigenvalue weighted by atomic mass is 16.2. The molecule has 0 spiro atoms. The van der Waals surface area contributed by atoms with Gasteiger partial charge in [-0.05, 0) is 30.2 Å². The van der Waals surface area contributed by atoms with E-state index in [0.717, 1.165) is 10.6 Å². The van der Waals surface area contributed by atoms with Crippen LogP contribution < -0.4 is 16.0 Å². The lowest BCUT2D eigenvalue weighted by Crippen LogP contribution is -2.65. The van der Waals surface area contributed by atoms with Crippen molar-refractivity contribution < 1.29 is 19.2 Å². The molecule has 4 heterocycles. The van der Waals surface area contributed by atoms with Gasteiger partial charge in [0.25, 0.3) is 11.8 Å². The number of pyridine rings is 1. The molecule has 158 valence electrons. The number of piperidine rings is 1. The first-order valence-electron chi connectivity index (χ1n) is 10.2. The van der Waals surface area contributed by atoms with E-state index in [4.69, 9.17) is 0 Å². The fourth-order valence-electron chi connectivity index (χ4n) is 4.41. The summed E-state index contributed by atoms with van der Waals surface area (Å²) in [7, 11) is 0. The van der Waals surface area contributed by atoms with Crippen LogP contribution in [0.2, 0.25) is 0 Å². The highest BCUT2D eigenvalue weighted by Crippen LogP contribution is 2.31. The van der Waals surface area contributed by atoms with Crippen LogP contribution >= 0.6 is 0 Å². The van der Waals surface area contributed by atoms with Crippen molar-refractivity contribution >= 4 is 23.6 Å². The molecule has 3 aliphatic rings. The van der Waals surface area contributed by atoms with Gasteiger partial charge in [-0.25, -0.2) is 0 Å². The molecule has 3 aliphatic heterocycles. The number of imide groups is 2. The number of rotatable bonds is 5. The van der Waals surface area contributed by atoms with Gasteiger partial charge in [-0.3, -0.25) is 39.7 Å². The molecule has 4 amide bonds. The number of nitrogens with zero attached hydrogens (tertiary/aromatic N) is 2. The van der Waals surface area contributed by atoms with E-state index in [-0.39, 0.29) is 23.9 Å². The van der Waals surface area contributed by atoms with Gasteiger partial charge in [-0.2, -0.15) is 0 Å². The Morgan fingerprint density at radius 1 is 1.06 bits per heavy atom. The summed E-state index contributed by atoms with van der Waals surface area (Å²) in [4.78, 5) is 55.4. The third-order valence-electron chi connectivity index (χ3n) is 6.18. The summed E-state index contributed by atoms with van der Waals surface area (Å²) < 4.78 is 0. The van der Waals surface area contributed by atoms with Crippen LogP contribution in [0.3, 0.4) is 0 Å². The Hall–Kier alpha value is -3.43. The van der Waals surface area contributed by atoms with Crippen molar-refractivity contribution in [1.29, 1.82) is 0 Å². The van der Waals surface area contributed by atoms with Crippen molar-refractivity contribution in [2.45, 2.75) is 31.0 Å². The summed E-state index contributed by atoms with van der Waals surface area (Å²) in [5.74, 6) is -2.00. The van der Waals surface area contributed by atoms with E-state index in [1.54, 1.807) is 18.3 Å². The summed E-state index contributed by atoms with van der Waals surface area (Å²) in [5, 5.41) is 8.98. The van der Waals surface area contributed by atoms with Gasteiger partial charge in [0.15, 0.2) is 0 Å². The lowest BCUT2D eigenvalue weighted by Gasteiger charge is -2.43. The van der Waals surface area contributed by atoms with Crippen LogP contribution in [0.15, 0.2) is 42.6 Å². The van der Waals surface area contributed by atoms with Gasteiger partial charge < -0.3 is 5.32 Å². The Kier molecular flexibility index (Phi) is 4.64. The molecule has 0 aliphatic carbocycles. The standard InChI is InChI=1S/C22H21N5O4/c28-17-8-7-15(19(29)26-17)27-20(30)14-5-3-4-13(18(14)21(27)31)10-25-22(11-23-12-22)16-6-1-2-9-24-16/h1-6,9,15,23,25H,7-8,10-12H2,(H,26,28,29). The molecule has 2 saturated heterocycles. The molecule has 31 heavy (non-hydrogen) atoms. The second-order valence-corrected chi connectivity index (χ2v) is 8.04. The van der Waals surface area contributed by atoms with E-state index in [0.29, 0.717) is 30.8 Å². The number of nitrogens with one attached hydrogen (secondary N) is 3. The fraction of sp³-hybridized carbons (Fsp3) is 0.318. The van der Waals surface area contributed by atoms with Crippen molar-refractivity contribution in [1.82, 2.24) is 25.8 Å². The second-order valence-electron chi connectivity index (χ2n) is 8.04. The SMILES string of the molecule is O=C1CCC(N2C(=O)c3cccc(CNC4(c5ccccn5)CNC4)c3C2=O)C(=O)N1. The summed E-state index contributed by atoms with van der Waals surface area (Å²) >= 11 is 0. The molecule has 1 aromatic carbocycles. The first-order chi connectivity index (χ1) is 15.0. The number of hydrogen-bond donors (Lipinski definition) is 3. The van der Waals surface area contributed by atoms with E-state index in [1.807, 2.05) is 24.3 Å². The van der Waals surface area contributed by atoms with Gasteiger partial charge in [0, 0.05) is 32.3 Å². The highest BCUT2D eigenvalue weighted by Gasteiger charge is 2.46. The molecule has 9 nitrogen and oxygen atoms in total. The maximum Gasteiger partial charge on any atom is 0.262 e. The fourth-order valence-corrected chi connectivity index (χ4v) is 4.41. The first-order valence-corrected chi connectivity index (χ1v) is 10.2. The van der Waals surface area contributed by atoms with Crippen LogP contribution in [0.5, 0.6) is 0 Å². The van der Waals surface area contributed by atoms with Gasteiger partial charge in [0.05, 0.1) is 22.4 Å². The van der Waals surface area contributed by atoms with Gasteiger partial charge in [-0.15, -0.1) is 0 Å². The summed E-state index contributed by atoms with van der Waals surface area (Å²) in [5.41, 5.74) is 1.85. The smallest absolute Gasteiger partial charge is 0.262 e. The largest absolute Gasteiger partial charge is 0.312 e. The van der Waals surface area contributed by atoms with Gasteiger partial charge in [-0.1, -0.05) is 18.2 Å². The van der Waals surface area contributed by atoms with E-state index in [2.05, 4.69) is 20.9 Å². The van der Waals surface area contributed by atoms with E-state index in [9.17, 15) is 19.2 Å². The minimum Gasteiger partial charge on any atom is -0.312 e. The molecular formula is C22H21N5O4. The van der Waals surface area contributed by atoms with Crippen LogP contribution in [0, 0.1) is 0 Å². The molecule has 0 bridgehead atoms. The number of benzene rings is 1. The predicted molar refractivity (Wildman–Crippen MR) is 109 cm³/mol. The number of hydrogen-bond acceptors (Lipinski definition) is 7. The third kappa shape index (κ3) is 3.13. The van der Waals surface area contributed by atoms with Crippen LogP contribution in [-0.2, 0) is 21.7 Å². The Labute approximate surface area is 178 Å². The number of aromatic nitrogens is 1. The van der Waals surface area contributed by atoms with Crippen LogP contribution in [0.25, 0.3) is 0 Å². The number of carbonyl (C=O) groups is 4. The Morgan fingerprint density at radius 2 is 1.90 bits per heavy atom. The monoisotopic (exact) mass is 419 g/mol. The number of amides is 4. The van der Waals surface area contributed by atoms with Crippen LogP contribution in [0.1, 0.15) is 44.8 Å². The van der Waals surface area contributed by atoms with Crippen LogP contribution in [0.4, 0.5) is 0 Å². The molecule has 2 aromatic rings. The van der Waals surface area contributed by atoms with Crippen molar-refractivity contribution in [2.24, 2.45) is 0 Å². The summed E-state index contributed by atoms with van der Waals surface area (Å²) in [6.07, 6.45) is 1.98. The lowest BCUT2D eigenvalue weighted by atomic mass is 9.87. The summed E-state index contributed by atoms with van der Waals surface area (Å²) in [6, 6.07) is 9.94. The van der Waals surface area contributed by atoms with Crippen molar-refractivity contribution in [3.8, 4) is 0 Å². The normalized spacial score (nSPS) is 22.2. The van der Waals surface area contributed by atoms with Crippen molar-refractivity contribution in [2.75, 3.05) is 13.1 Å². The van der Waals surface area contributed by atoms with Crippen molar-refractivity contribution in [3.05, 3.63) is 65.0 Å². The Bertz CT molecular complexity index is 1100. The van der Waals surface area contributed by atoms with E-state index in [1.165, 1.54) is 0 Å².